The monoisotopic (exact) mass is 264 g/mol. The Hall–Kier alpha value is -2.17. The second kappa shape index (κ2) is 7.31. The molecule has 5 heteroatoms. The Bertz CT molecular complexity index is 436. The molecule has 0 aliphatic rings. The third-order valence-corrected chi connectivity index (χ3v) is 2.73. The number of ketones is 1. The number of ether oxygens (including phenoxy) is 2. The molecule has 1 rings (SSSR count). The van der Waals surface area contributed by atoms with Crippen LogP contribution in [-0.2, 0) is 19.1 Å². The van der Waals surface area contributed by atoms with Gasteiger partial charge in [0, 0.05) is 12.0 Å². The molecule has 0 unspecified atom stereocenters. The van der Waals surface area contributed by atoms with Crippen molar-refractivity contribution in [2.24, 2.45) is 5.92 Å². The maximum absolute atomic E-state index is 11.9. The van der Waals surface area contributed by atoms with Gasteiger partial charge in [0.15, 0.2) is 11.7 Å². The molecule has 102 valence electrons. The number of carbonyl (C=O) groups is 3. The van der Waals surface area contributed by atoms with Crippen LogP contribution in [0.5, 0.6) is 0 Å². The van der Waals surface area contributed by atoms with Gasteiger partial charge in [-0.3, -0.25) is 14.4 Å². The zero-order valence-electron chi connectivity index (χ0n) is 10.9. The van der Waals surface area contributed by atoms with E-state index in [1.165, 1.54) is 14.2 Å². The minimum Gasteiger partial charge on any atom is -0.468 e. The molecule has 0 bridgehead atoms. The summed E-state index contributed by atoms with van der Waals surface area (Å²) in [6, 6.07) is 8.69. The van der Waals surface area contributed by atoms with Crippen LogP contribution in [0.2, 0.25) is 0 Å². The van der Waals surface area contributed by atoms with Gasteiger partial charge in [-0.15, -0.1) is 0 Å². The number of methoxy groups -OCH3 is 2. The number of carbonyl (C=O) groups excluding carboxylic acids is 3. The lowest BCUT2D eigenvalue weighted by atomic mass is 9.99. The molecule has 0 N–H and O–H groups in total. The zero-order chi connectivity index (χ0) is 14.3. The van der Waals surface area contributed by atoms with Crippen LogP contribution in [0.1, 0.15) is 23.2 Å². The van der Waals surface area contributed by atoms with Crippen molar-refractivity contribution in [2.45, 2.75) is 12.8 Å². The summed E-state index contributed by atoms with van der Waals surface area (Å²) in [5, 5.41) is 0. The average Bonchev–Trinajstić information content (AvgIpc) is 2.47. The lowest BCUT2D eigenvalue weighted by Gasteiger charge is -2.11. The molecular formula is C14H16O5. The minimum atomic E-state index is -1.05. The van der Waals surface area contributed by atoms with Crippen molar-refractivity contribution in [1.29, 1.82) is 0 Å². The topological polar surface area (TPSA) is 69.7 Å². The molecule has 0 amide bonds. The van der Waals surface area contributed by atoms with Crippen LogP contribution in [0.4, 0.5) is 0 Å². The van der Waals surface area contributed by atoms with Crippen LogP contribution < -0.4 is 0 Å². The number of hydrogen-bond acceptors (Lipinski definition) is 5. The van der Waals surface area contributed by atoms with Gasteiger partial charge in [-0.1, -0.05) is 30.3 Å². The highest BCUT2D eigenvalue weighted by Gasteiger charge is 2.29. The smallest absolute Gasteiger partial charge is 0.320 e. The van der Waals surface area contributed by atoms with E-state index >= 15 is 0 Å². The fourth-order valence-electron chi connectivity index (χ4n) is 1.66. The predicted octanol–water partition coefficient (Wildman–Crippen LogP) is 1.61. The Balaban J connectivity index is 2.64. The number of rotatable bonds is 6. The summed E-state index contributed by atoms with van der Waals surface area (Å²) in [6.07, 6.45) is 0.159. The van der Waals surface area contributed by atoms with E-state index in [1.807, 2.05) is 6.07 Å². The molecular weight excluding hydrogens is 248 g/mol. The maximum Gasteiger partial charge on any atom is 0.320 e. The van der Waals surface area contributed by atoms with E-state index in [0.29, 0.717) is 5.56 Å². The first-order valence-electron chi connectivity index (χ1n) is 5.84. The fraction of sp³-hybridized carbons (Fsp3) is 0.357. The highest BCUT2D eigenvalue weighted by Crippen LogP contribution is 2.14. The van der Waals surface area contributed by atoms with Gasteiger partial charge in [0.05, 0.1) is 14.2 Å². The van der Waals surface area contributed by atoms with Crippen molar-refractivity contribution in [3.63, 3.8) is 0 Å². The number of benzene rings is 1. The first-order valence-corrected chi connectivity index (χ1v) is 5.84. The third kappa shape index (κ3) is 4.21. The second-order valence-electron chi connectivity index (χ2n) is 3.93. The van der Waals surface area contributed by atoms with Gasteiger partial charge in [-0.2, -0.15) is 0 Å². The SMILES string of the molecule is COC(=O)C(CCC(=O)c1ccccc1)C(=O)OC. The van der Waals surface area contributed by atoms with Crippen LogP contribution in [0.25, 0.3) is 0 Å². The summed E-state index contributed by atoms with van der Waals surface area (Å²) in [5.74, 6) is -2.55. The van der Waals surface area contributed by atoms with Crippen LogP contribution in [-0.4, -0.2) is 31.9 Å². The summed E-state index contributed by atoms with van der Waals surface area (Å²) in [7, 11) is 2.38. The predicted molar refractivity (Wildman–Crippen MR) is 67.5 cm³/mol. The van der Waals surface area contributed by atoms with Gasteiger partial charge in [-0.05, 0) is 6.42 Å². The molecule has 0 fully saturated rings. The first-order chi connectivity index (χ1) is 9.10. The van der Waals surface area contributed by atoms with E-state index in [9.17, 15) is 14.4 Å². The number of hydrogen-bond donors (Lipinski definition) is 0. The summed E-state index contributed by atoms with van der Waals surface area (Å²) in [5.41, 5.74) is 0.552. The van der Waals surface area contributed by atoms with Crippen molar-refractivity contribution in [1.82, 2.24) is 0 Å². The van der Waals surface area contributed by atoms with Crippen LogP contribution in [0.15, 0.2) is 30.3 Å². The normalized spacial score (nSPS) is 10.1. The van der Waals surface area contributed by atoms with Crippen LogP contribution >= 0.6 is 0 Å². The number of esters is 2. The Kier molecular flexibility index (Phi) is 5.73. The molecule has 1 aromatic rings. The Morgan fingerprint density at radius 2 is 1.53 bits per heavy atom. The summed E-state index contributed by atoms with van der Waals surface area (Å²) >= 11 is 0. The van der Waals surface area contributed by atoms with Gasteiger partial charge in [0.2, 0.25) is 0 Å². The molecule has 0 atom stereocenters. The molecule has 0 aliphatic heterocycles. The van der Waals surface area contributed by atoms with Crippen molar-refractivity contribution in [2.75, 3.05) is 14.2 Å². The standard InChI is InChI=1S/C14H16O5/c1-18-13(16)11(14(17)19-2)8-9-12(15)10-6-4-3-5-7-10/h3-7,11H,8-9H2,1-2H3. The van der Waals surface area contributed by atoms with Crippen molar-refractivity contribution in [3.8, 4) is 0 Å². The molecule has 0 radical (unpaired) electrons. The van der Waals surface area contributed by atoms with Gasteiger partial charge < -0.3 is 9.47 Å². The molecule has 1 aromatic carbocycles. The second-order valence-corrected chi connectivity index (χ2v) is 3.93. The lowest BCUT2D eigenvalue weighted by Crippen LogP contribution is -2.27. The third-order valence-electron chi connectivity index (χ3n) is 2.73. The number of Topliss-reactive ketones (excluding diaryl/α,β-unsaturated/α-hetero) is 1. The largest absolute Gasteiger partial charge is 0.468 e. The molecule has 0 aromatic heterocycles. The highest BCUT2D eigenvalue weighted by atomic mass is 16.5. The lowest BCUT2D eigenvalue weighted by molar-refractivity contribution is -0.158. The fourth-order valence-corrected chi connectivity index (χ4v) is 1.66. The molecule has 0 spiro atoms. The van der Waals surface area contributed by atoms with Gasteiger partial charge in [-0.25, -0.2) is 0 Å². The van der Waals surface area contributed by atoms with E-state index in [4.69, 9.17) is 0 Å². The Morgan fingerprint density at radius 3 is 2.00 bits per heavy atom. The minimum absolute atomic E-state index is 0.0765. The van der Waals surface area contributed by atoms with Crippen LogP contribution in [0.3, 0.4) is 0 Å². The molecule has 0 saturated heterocycles. The maximum atomic E-state index is 11.9. The van der Waals surface area contributed by atoms with Gasteiger partial charge in [0.25, 0.3) is 0 Å². The Labute approximate surface area is 111 Å². The Morgan fingerprint density at radius 1 is 1.00 bits per heavy atom. The first kappa shape index (κ1) is 14.9. The van der Waals surface area contributed by atoms with E-state index < -0.39 is 17.9 Å². The van der Waals surface area contributed by atoms with Gasteiger partial charge >= 0.3 is 11.9 Å². The summed E-state index contributed by atoms with van der Waals surface area (Å²) in [4.78, 5) is 34.7. The summed E-state index contributed by atoms with van der Waals surface area (Å²) < 4.78 is 9.04. The molecule has 5 nitrogen and oxygen atoms in total. The van der Waals surface area contributed by atoms with E-state index in [2.05, 4.69) is 9.47 Å². The molecule has 0 aliphatic carbocycles. The van der Waals surface area contributed by atoms with Crippen molar-refractivity contribution < 1.29 is 23.9 Å². The van der Waals surface area contributed by atoms with E-state index in [-0.39, 0.29) is 18.6 Å². The zero-order valence-corrected chi connectivity index (χ0v) is 10.9. The molecule has 19 heavy (non-hydrogen) atoms. The molecule has 0 saturated carbocycles. The van der Waals surface area contributed by atoms with E-state index in [1.54, 1.807) is 24.3 Å². The highest BCUT2D eigenvalue weighted by molar-refractivity contribution is 5.98. The van der Waals surface area contributed by atoms with Crippen molar-refractivity contribution >= 4 is 17.7 Å². The van der Waals surface area contributed by atoms with Crippen LogP contribution in [0, 0.1) is 5.92 Å². The molecule has 0 heterocycles. The van der Waals surface area contributed by atoms with E-state index in [0.717, 1.165) is 0 Å². The average molecular weight is 264 g/mol. The van der Waals surface area contributed by atoms with Gasteiger partial charge in [0.1, 0.15) is 0 Å². The quantitative estimate of drug-likeness (QED) is 0.443. The summed E-state index contributed by atoms with van der Waals surface area (Å²) in [6.45, 7) is 0. The van der Waals surface area contributed by atoms with Crippen molar-refractivity contribution in [3.05, 3.63) is 35.9 Å².